The average molecular weight is 673 g/mol. The Morgan fingerprint density at radius 1 is 0.500 bits per heavy atom. The third-order valence-corrected chi connectivity index (χ3v) is 13.3. The molecule has 50 heavy (non-hydrogen) atoms. The Hall–Kier alpha value is -5.68. The van der Waals surface area contributed by atoms with Crippen molar-refractivity contribution in [3.05, 3.63) is 144 Å². The van der Waals surface area contributed by atoms with E-state index in [0.717, 1.165) is 29.9 Å². The molecule has 3 heterocycles. The number of rotatable bonds is 3. The van der Waals surface area contributed by atoms with Crippen molar-refractivity contribution < 1.29 is 0 Å². The van der Waals surface area contributed by atoms with E-state index in [0.29, 0.717) is 0 Å². The van der Waals surface area contributed by atoms with E-state index in [4.69, 9.17) is 0 Å². The van der Waals surface area contributed by atoms with E-state index in [1.54, 1.807) is 0 Å². The lowest BCUT2D eigenvalue weighted by Crippen LogP contribution is -2.10. The van der Waals surface area contributed by atoms with Crippen LogP contribution in [0.25, 0.3) is 90.5 Å². The molecule has 1 aliphatic rings. The highest BCUT2D eigenvalue weighted by molar-refractivity contribution is 7.26. The first-order chi connectivity index (χ1) is 24.7. The van der Waals surface area contributed by atoms with E-state index in [1.807, 2.05) is 22.7 Å². The van der Waals surface area contributed by atoms with Gasteiger partial charge in [-0.3, -0.25) is 0 Å². The van der Waals surface area contributed by atoms with Crippen LogP contribution >= 0.6 is 22.7 Å². The van der Waals surface area contributed by atoms with Gasteiger partial charge < -0.3 is 9.88 Å². The summed E-state index contributed by atoms with van der Waals surface area (Å²) >= 11 is 3.84. The molecule has 1 aliphatic carbocycles. The average Bonchev–Trinajstić information content (AvgIpc) is 3.85. The number of allylic oxidation sites excluding steroid dienone is 1. The number of aromatic amines is 1. The minimum Gasteiger partial charge on any atom is -0.354 e. The van der Waals surface area contributed by atoms with Crippen LogP contribution in [-0.2, 0) is 6.42 Å². The molecule has 0 bridgehead atoms. The normalized spacial score (nSPS) is 13.4. The fourth-order valence-electron chi connectivity index (χ4n) is 8.70. The monoisotopic (exact) mass is 672 g/mol. The molecule has 0 saturated heterocycles. The van der Waals surface area contributed by atoms with Gasteiger partial charge in [-0.2, -0.15) is 0 Å². The Bertz CT molecular complexity index is 3230. The van der Waals surface area contributed by atoms with Gasteiger partial charge >= 0.3 is 0 Å². The lowest BCUT2D eigenvalue weighted by atomic mass is 9.96. The lowest BCUT2D eigenvalue weighted by Gasteiger charge is -2.26. The number of anilines is 3. The fraction of sp³-hybridized carbons (Fsp3) is 0.0435. The highest BCUT2D eigenvalue weighted by Crippen LogP contribution is 2.48. The molecule has 0 spiro atoms. The van der Waals surface area contributed by atoms with Gasteiger partial charge in [0.1, 0.15) is 0 Å². The third-order valence-electron chi connectivity index (χ3n) is 10.9. The largest absolute Gasteiger partial charge is 0.354 e. The number of benzene rings is 8. The molecule has 3 aromatic heterocycles. The van der Waals surface area contributed by atoms with Gasteiger partial charge in [-0.25, -0.2) is 0 Å². The Morgan fingerprint density at radius 2 is 1.26 bits per heavy atom. The molecule has 2 nitrogen and oxygen atoms in total. The van der Waals surface area contributed by atoms with E-state index in [1.165, 1.54) is 94.8 Å². The van der Waals surface area contributed by atoms with Crippen molar-refractivity contribution in [1.82, 2.24) is 4.98 Å². The zero-order valence-electron chi connectivity index (χ0n) is 27.0. The van der Waals surface area contributed by atoms with Crippen LogP contribution < -0.4 is 4.90 Å². The molecule has 0 radical (unpaired) electrons. The summed E-state index contributed by atoms with van der Waals surface area (Å²) in [7, 11) is 0. The van der Waals surface area contributed by atoms with E-state index in [-0.39, 0.29) is 0 Å². The van der Waals surface area contributed by atoms with Crippen LogP contribution in [0.15, 0.2) is 133 Å². The molecular weight excluding hydrogens is 645 g/mol. The summed E-state index contributed by atoms with van der Waals surface area (Å²) in [5.74, 6) is 0. The van der Waals surface area contributed by atoms with Crippen molar-refractivity contribution in [2.75, 3.05) is 4.90 Å². The molecule has 0 unspecified atom stereocenters. The van der Waals surface area contributed by atoms with Crippen molar-refractivity contribution in [1.29, 1.82) is 0 Å². The van der Waals surface area contributed by atoms with Crippen LogP contribution in [-0.4, -0.2) is 4.98 Å². The molecule has 12 rings (SSSR count). The van der Waals surface area contributed by atoms with Crippen LogP contribution in [0.2, 0.25) is 0 Å². The van der Waals surface area contributed by atoms with Crippen molar-refractivity contribution in [3.63, 3.8) is 0 Å². The van der Waals surface area contributed by atoms with Crippen LogP contribution in [0, 0.1) is 0 Å². The molecule has 8 aromatic carbocycles. The van der Waals surface area contributed by atoms with Crippen LogP contribution in [0.1, 0.15) is 16.9 Å². The van der Waals surface area contributed by atoms with Gasteiger partial charge in [-0.15, -0.1) is 22.7 Å². The lowest BCUT2D eigenvalue weighted by molar-refractivity contribution is 1.01. The van der Waals surface area contributed by atoms with Crippen LogP contribution in [0.5, 0.6) is 0 Å². The maximum atomic E-state index is 3.90. The number of aryl methyl sites for hydroxylation is 1. The molecule has 1 N–H and O–H groups in total. The number of nitrogens with zero attached hydrogens (tertiary/aromatic N) is 1. The standard InChI is InChI=1S/C46H28N2S2/c1-2-9-28-21-30(16-13-26(28)7-1)48(31-17-19-35-42(24-31)49-41-20-15-27-8-3-4-10-33(27)44(35)41)32-22-29-14-18-36-45-39(47-38(23-32)43(29)45)25-37-34-11-5-6-12-40(34)50-46(36)37/h1-4,6-10,12-25,47H,5,11H2. The molecular formula is C46H28N2S2. The third kappa shape index (κ3) is 3.72. The predicted octanol–water partition coefficient (Wildman–Crippen LogP) is 14.2. The highest BCUT2D eigenvalue weighted by Gasteiger charge is 2.22. The summed E-state index contributed by atoms with van der Waals surface area (Å²) in [4.78, 5) is 7.77. The van der Waals surface area contributed by atoms with Gasteiger partial charge in [0.25, 0.3) is 0 Å². The highest BCUT2D eigenvalue weighted by atomic mass is 32.1. The van der Waals surface area contributed by atoms with E-state index in [9.17, 15) is 0 Å². The number of aromatic nitrogens is 1. The molecule has 0 amide bonds. The molecule has 0 saturated carbocycles. The first-order valence-electron chi connectivity index (χ1n) is 17.3. The number of nitrogens with one attached hydrogen (secondary N) is 1. The summed E-state index contributed by atoms with van der Waals surface area (Å²) in [5.41, 5.74) is 7.39. The predicted molar refractivity (Wildman–Crippen MR) is 220 cm³/mol. The van der Waals surface area contributed by atoms with E-state index in [2.05, 4.69) is 149 Å². The summed E-state index contributed by atoms with van der Waals surface area (Å²) in [6.45, 7) is 0. The molecule has 0 aliphatic heterocycles. The van der Waals surface area contributed by atoms with Gasteiger partial charge in [0, 0.05) is 74.0 Å². The maximum Gasteiger partial charge on any atom is 0.0492 e. The second kappa shape index (κ2) is 9.95. The van der Waals surface area contributed by atoms with Crippen molar-refractivity contribution >= 4 is 130 Å². The fourth-order valence-corrected chi connectivity index (χ4v) is 11.1. The van der Waals surface area contributed by atoms with Gasteiger partial charge in [-0.1, -0.05) is 84.9 Å². The molecule has 0 atom stereocenters. The zero-order chi connectivity index (χ0) is 32.5. The van der Waals surface area contributed by atoms with Crippen molar-refractivity contribution in [3.8, 4) is 0 Å². The molecule has 0 fully saturated rings. The molecule has 234 valence electrons. The van der Waals surface area contributed by atoms with Gasteiger partial charge in [0.2, 0.25) is 0 Å². The Morgan fingerprint density at radius 3 is 2.22 bits per heavy atom. The quantitative estimate of drug-likeness (QED) is 0.185. The number of fused-ring (bicyclic) bond motifs is 10. The van der Waals surface area contributed by atoms with Crippen LogP contribution in [0.3, 0.4) is 0 Å². The minimum atomic E-state index is 1.12. The molecule has 11 aromatic rings. The van der Waals surface area contributed by atoms with Crippen LogP contribution in [0.4, 0.5) is 17.1 Å². The Balaban J connectivity index is 1.10. The second-order valence-electron chi connectivity index (χ2n) is 13.7. The smallest absolute Gasteiger partial charge is 0.0492 e. The Kier molecular flexibility index (Phi) is 5.41. The van der Waals surface area contributed by atoms with E-state index >= 15 is 0 Å². The molecule has 4 heteroatoms. The first kappa shape index (κ1) is 27.2. The maximum absolute atomic E-state index is 3.90. The first-order valence-corrected chi connectivity index (χ1v) is 18.9. The Labute approximate surface area is 295 Å². The summed E-state index contributed by atoms with van der Waals surface area (Å²) in [6, 6.07) is 47.7. The number of H-pyrrole nitrogens is 1. The van der Waals surface area contributed by atoms with Gasteiger partial charge in [0.05, 0.1) is 0 Å². The summed E-state index contributed by atoms with van der Waals surface area (Å²) < 4.78 is 4.05. The number of hydrogen-bond donors (Lipinski definition) is 1. The minimum absolute atomic E-state index is 1.12. The number of hydrogen-bond acceptors (Lipinski definition) is 3. The van der Waals surface area contributed by atoms with Gasteiger partial charge in [0.15, 0.2) is 0 Å². The topological polar surface area (TPSA) is 19.0 Å². The number of thiophene rings is 2. The second-order valence-corrected chi connectivity index (χ2v) is 15.8. The van der Waals surface area contributed by atoms with Crippen molar-refractivity contribution in [2.45, 2.75) is 12.8 Å². The zero-order valence-corrected chi connectivity index (χ0v) is 28.6. The summed E-state index contributed by atoms with van der Waals surface area (Å²) in [6.07, 6.45) is 6.89. The SMILES string of the molecule is C1=Cc2sc3c(cc4[nH]c5cc(N(c6ccc7ccccc7c6)c6ccc7c(c6)sc6ccc8ccccc8c67)cc6ccc3c4c65)c2CC1. The van der Waals surface area contributed by atoms with E-state index < -0.39 is 0 Å². The summed E-state index contributed by atoms with van der Waals surface area (Å²) in [5, 5.41) is 14.5. The van der Waals surface area contributed by atoms with Crippen molar-refractivity contribution in [2.24, 2.45) is 0 Å². The van der Waals surface area contributed by atoms with Gasteiger partial charge in [-0.05, 0) is 105 Å².